The van der Waals surface area contributed by atoms with Gasteiger partial charge in [0.05, 0.1) is 26.3 Å². The molecule has 9 heteroatoms. The number of H-pyrrole nitrogens is 1. The molecule has 0 atom stereocenters. The fourth-order valence-electron chi connectivity index (χ4n) is 2.25. The fourth-order valence-corrected chi connectivity index (χ4v) is 2.87. The van der Waals surface area contributed by atoms with E-state index >= 15 is 0 Å². The van der Waals surface area contributed by atoms with Gasteiger partial charge in [0.1, 0.15) is 11.5 Å². The number of hydrogen-bond donors (Lipinski definition) is 2. The van der Waals surface area contributed by atoms with Gasteiger partial charge in [0.25, 0.3) is 0 Å². The van der Waals surface area contributed by atoms with Gasteiger partial charge in [-0.1, -0.05) is 34.8 Å². The molecule has 0 aliphatic rings. The van der Waals surface area contributed by atoms with Gasteiger partial charge >= 0.3 is 6.09 Å². The summed E-state index contributed by atoms with van der Waals surface area (Å²) < 4.78 is 14.1. The number of benzene rings is 1. The molecule has 2 aromatic heterocycles. The highest BCUT2D eigenvalue weighted by atomic mass is 35.5. The quantitative estimate of drug-likeness (QED) is 0.645. The second-order valence-corrected chi connectivity index (χ2v) is 5.71. The second-order valence-electron chi connectivity index (χ2n) is 4.55. The Morgan fingerprint density at radius 2 is 2.00 bits per heavy atom. The first kappa shape index (κ1) is 15.1. The summed E-state index contributed by atoms with van der Waals surface area (Å²) in [6, 6.07) is 1.03. The Labute approximate surface area is 138 Å². The SMILES string of the molecule is CN(C(=O)O)c1cc(F)c(Cl)c2c1[nH]c1ncc(Cl)c(Cl)c12. The predicted octanol–water partition coefficient (Wildman–Crippen LogP) is 4.93. The van der Waals surface area contributed by atoms with Crippen molar-refractivity contribution < 1.29 is 14.3 Å². The van der Waals surface area contributed by atoms with Crippen LogP contribution in [0.2, 0.25) is 15.1 Å². The number of pyridine rings is 1. The molecule has 0 fully saturated rings. The average molecular weight is 363 g/mol. The van der Waals surface area contributed by atoms with Gasteiger partial charge in [0.15, 0.2) is 0 Å². The third kappa shape index (κ3) is 2.06. The minimum Gasteiger partial charge on any atom is -0.465 e. The topological polar surface area (TPSA) is 69.2 Å². The van der Waals surface area contributed by atoms with Crippen molar-refractivity contribution in [1.82, 2.24) is 9.97 Å². The normalized spacial score (nSPS) is 11.3. The molecule has 2 N–H and O–H groups in total. The Balaban J connectivity index is 2.54. The number of nitrogens with zero attached hydrogens (tertiary/aromatic N) is 2. The smallest absolute Gasteiger partial charge is 0.411 e. The van der Waals surface area contributed by atoms with Crippen LogP contribution in [0.25, 0.3) is 21.9 Å². The number of nitrogens with one attached hydrogen (secondary N) is 1. The highest BCUT2D eigenvalue weighted by Gasteiger charge is 2.23. The van der Waals surface area contributed by atoms with Crippen molar-refractivity contribution in [3.63, 3.8) is 0 Å². The molecule has 0 bridgehead atoms. The molecule has 1 aromatic carbocycles. The first-order valence-corrected chi connectivity index (χ1v) is 7.06. The van der Waals surface area contributed by atoms with E-state index in [9.17, 15) is 9.18 Å². The number of hydrogen-bond acceptors (Lipinski definition) is 2. The summed E-state index contributed by atoms with van der Waals surface area (Å²) >= 11 is 18.1. The van der Waals surface area contributed by atoms with Crippen LogP contribution in [0.4, 0.5) is 14.9 Å². The largest absolute Gasteiger partial charge is 0.465 e. The molecule has 0 saturated heterocycles. The molecule has 0 aliphatic heterocycles. The maximum Gasteiger partial charge on any atom is 0.411 e. The first-order chi connectivity index (χ1) is 10.3. The molecular weight excluding hydrogens is 356 g/mol. The highest BCUT2D eigenvalue weighted by Crippen LogP contribution is 2.42. The Hall–Kier alpha value is -1.76. The Morgan fingerprint density at radius 1 is 1.32 bits per heavy atom. The summed E-state index contributed by atoms with van der Waals surface area (Å²) in [6.07, 6.45) is 0.0886. The Kier molecular flexibility index (Phi) is 3.55. The molecule has 0 radical (unpaired) electrons. The highest BCUT2D eigenvalue weighted by molar-refractivity contribution is 6.48. The van der Waals surface area contributed by atoms with E-state index < -0.39 is 11.9 Å². The third-order valence-corrected chi connectivity index (χ3v) is 4.46. The molecule has 22 heavy (non-hydrogen) atoms. The van der Waals surface area contributed by atoms with Crippen LogP contribution in [-0.2, 0) is 0 Å². The van der Waals surface area contributed by atoms with Crippen LogP contribution in [0.5, 0.6) is 0 Å². The van der Waals surface area contributed by atoms with Crippen LogP contribution in [-0.4, -0.2) is 28.2 Å². The maximum absolute atomic E-state index is 14.1. The van der Waals surface area contributed by atoms with E-state index in [4.69, 9.17) is 39.9 Å². The lowest BCUT2D eigenvalue weighted by molar-refractivity contribution is 0.203. The number of carbonyl (C=O) groups is 1. The monoisotopic (exact) mass is 361 g/mol. The van der Waals surface area contributed by atoms with Crippen LogP contribution < -0.4 is 4.90 Å². The van der Waals surface area contributed by atoms with E-state index in [1.165, 1.54) is 13.2 Å². The average Bonchev–Trinajstić information content (AvgIpc) is 2.86. The molecule has 0 saturated carbocycles. The van der Waals surface area contributed by atoms with Gasteiger partial charge in [-0.2, -0.15) is 0 Å². The van der Waals surface area contributed by atoms with Crippen molar-refractivity contribution in [3.05, 3.63) is 33.1 Å². The van der Waals surface area contributed by atoms with E-state index in [0.717, 1.165) is 11.0 Å². The number of aromatic nitrogens is 2. The maximum atomic E-state index is 14.1. The molecule has 0 unspecified atom stereocenters. The van der Waals surface area contributed by atoms with Gasteiger partial charge < -0.3 is 10.1 Å². The van der Waals surface area contributed by atoms with Gasteiger partial charge in [-0.3, -0.25) is 4.90 Å². The second kappa shape index (κ2) is 5.15. The molecular formula is C13H7Cl3FN3O2. The van der Waals surface area contributed by atoms with Gasteiger partial charge in [0.2, 0.25) is 0 Å². The summed E-state index contributed by atoms with van der Waals surface area (Å²) in [5.41, 5.74) is 0.731. The number of halogens is 4. The zero-order chi connectivity index (χ0) is 16.2. The van der Waals surface area contributed by atoms with Gasteiger partial charge in [-0.25, -0.2) is 14.2 Å². The molecule has 2 heterocycles. The van der Waals surface area contributed by atoms with E-state index in [0.29, 0.717) is 16.6 Å². The summed E-state index contributed by atoms with van der Waals surface area (Å²) in [7, 11) is 1.29. The predicted molar refractivity (Wildman–Crippen MR) is 85.0 cm³/mol. The molecule has 3 aromatic rings. The summed E-state index contributed by atoms with van der Waals surface area (Å²) in [4.78, 5) is 19.0. The minimum atomic E-state index is -1.25. The van der Waals surface area contributed by atoms with Crippen molar-refractivity contribution in [2.75, 3.05) is 11.9 Å². The van der Waals surface area contributed by atoms with E-state index in [1.54, 1.807) is 0 Å². The lowest BCUT2D eigenvalue weighted by Gasteiger charge is -2.15. The first-order valence-electron chi connectivity index (χ1n) is 5.93. The summed E-state index contributed by atoms with van der Waals surface area (Å²) in [5, 5.41) is 9.86. The fraction of sp³-hybridized carbons (Fsp3) is 0.0769. The van der Waals surface area contributed by atoms with Crippen LogP contribution >= 0.6 is 34.8 Å². The Morgan fingerprint density at radius 3 is 2.64 bits per heavy atom. The van der Waals surface area contributed by atoms with Crippen molar-refractivity contribution in [2.24, 2.45) is 0 Å². The number of amides is 1. The third-order valence-electron chi connectivity index (χ3n) is 3.31. The molecule has 0 spiro atoms. The molecule has 5 nitrogen and oxygen atoms in total. The van der Waals surface area contributed by atoms with Crippen LogP contribution in [0.3, 0.4) is 0 Å². The summed E-state index contributed by atoms with van der Waals surface area (Å²) in [5.74, 6) is -0.769. The zero-order valence-corrected chi connectivity index (χ0v) is 13.2. The van der Waals surface area contributed by atoms with E-state index in [1.807, 2.05) is 0 Å². The van der Waals surface area contributed by atoms with Crippen molar-refractivity contribution >= 4 is 68.5 Å². The van der Waals surface area contributed by atoms with E-state index in [-0.39, 0.29) is 26.1 Å². The standard InChI is InChI=1S/C13H7Cl3FN3O2/c1-20(13(21)22)6-2-5(17)10(16)7-8-9(15)4(14)3-18-12(8)19-11(6)7/h2-3H,1H3,(H,18,19)(H,21,22). The van der Waals surface area contributed by atoms with E-state index in [2.05, 4.69) is 9.97 Å². The zero-order valence-electron chi connectivity index (χ0n) is 10.9. The number of fused-ring (bicyclic) bond motifs is 3. The van der Waals surface area contributed by atoms with Gasteiger partial charge in [-0.05, 0) is 0 Å². The van der Waals surface area contributed by atoms with Gasteiger partial charge in [-0.15, -0.1) is 0 Å². The number of rotatable bonds is 1. The molecule has 1 amide bonds. The van der Waals surface area contributed by atoms with Crippen molar-refractivity contribution in [1.29, 1.82) is 0 Å². The Bertz CT molecular complexity index is 942. The summed E-state index contributed by atoms with van der Waals surface area (Å²) in [6.45, 7) is 0. The lowest BCUT2D eigenvalue weighted by Crippen LogP contribution is -2.24. The molecule has 3 rings (SSSR count). The number of aromatic amines is 1. The number of anilines is 1. The van der Waals surface area contributed by atoms with Crippen molar-refractivity contribution in [2.45, 2.75) is 0 Å². The van der Waals surface area contributed by atoms with Crippen LogP contribution in [0, 0.1) is 5.82 Å². The minimum absolute atomic E-state index is 0.0922. The number of carboxylic acid groups (broad SMARTS) is 1. The molecule has 0 aliphatic carbocycles. The van der Waals surface area contributed by atoms with Crippen LogP contribution in [0.1, 0.15) is 0 Å². The molecule has 114 valence electrons. The van der Waals surface area contributed by atoms with Crippen molar-refractivity contribution in [3.8, 4) is 0 Å². The van der Waals surface area contributed by atoms with Crippen LogP contribution in [0.15, 0.2) is 12.3 Å². The van der Waals surface area contributed by atoms with Gasteiger partial charge in [0, 0.05) is 30.1 Å². The lowest BCUT2D eigenvalue weighted by atomic mass is 10.1.